The molecule has 0 aliphatic carbocycles. The van der Waals surface area contributed by atoms with Gasteiger partial charge in [0.2, 0.25) is 0 Å². The van der Waals surface area contributed by atoms with E-state index in [0.717, 1.165) is 16.5 Å². The Morgan fingerprint density at radius 1 is 1.09 bits per heavy atom. The zero-order valence-corrected chi connectivity index (χ0v) is 13.3. The van der Waals surface area contributed by atoms with E-state index >= 15 is 0 Å². The Hall–Kier alpha value is -2.79. The number of nitrogens with one attached hydrogen (secondary N) is 2. The van der Waals surface area contributed by atoms with Crippen LogP contribution in [0.25, 0.3) is 10.9 Å². The fourth-order valence-corrected chi connectivity index (χ4v) is 2.28. The molecule has 0 radical (unpaired) electrons. The predicted molar refractivity (Wildman–Crippen MR) is 98.4 cm³/mol. The summed E-state index contributed by atoms with van der Waals surface area (Å²) in [5.74, 6) is 0. The van der Waals surface area contributed by atoms with Gasteiger partial charge >= 0.3 is 0 Å². The van der Waals surface area contributed by atoms with Gasteiger partial charge in [-0.25, -0.2) is 0 Å². The molecule has 3 rings (SSSR count). The van der Waals surface area contributed by atoms with Crippen molar-refractivity contribution in [3.8, 4) is 0 Å². The molecule has 0 fully saturated rings. The Kier molecular flexibility index (Phi) is 4.91. The van der Waals surface area contributed by atoms with Crippen LogP contribution in [0, 0.1) is 0 Å². The molecule has 0 saturated carbocycles. The van der Waals surface area contributed by atoms with Gasteiger partial charge in [-0.3, -0.25) is 10.4 Å². The summed E-state index contributed by atoms with van der Waals surface area (Å²) in [5, 5.41) is 8.85. The quantitative estimate of drug-likeness (QED) is 0.440. The van der Waals surface area contributed by atoms with Crippen molar-refractivity contribution in [1.29, 1.82) is 0 Å². The van der Waals surface area contributed by atoms with Crippen LogP contribution in [-0.4, -0.2) is 16.3 Å². The largest absolute Gasteiger partial charge is 0.357 e. The van der Waals surface area contributed by atoms with E-state index in [1.165, 1.54) is 5.56 Å². The van der Waals surface area contributed by atoms with Gasteiger partial charge in [-0.1, -0.05) is 42.5 Å². The van der Waals surface area contributed by atoms with Gasteiger partial charge in [-0.15, -0.1) is 0 Å². The Labute approximate surface area is 140 Å². The van der Waals surface area contributed by atoms with E-state index in [-0.39, 0.29) is 0 Å². The minimum Gasteiger partial charge on any atom is -0.357 e. The van der Waals surface area contributed by atoms with Gasteiger partial charge in [0.15, 0.2) is 5.11 Å². The Balaban J connectivity index is 1.54. The standard InChI is InChI=1S/C18H16N4S/c23-18(20-12-14-5-2-1-3-6-14)22-21-13-15-8-9-17-16(11-15)7-4-10-19-17/h1-11,13H,12H2,(H2,20,22,23). The van der Waals surface area contributed by atoms with E-state index in [0.29, 0.717) is 11.7 Å². The molecule has 0 aliphatic rings. The van der Waals surface area contributed by atoms with Gasteiger partial charge in [-0.2, -0.15) is 5.10 Å². The maximum absolute atomic E-state index is 5.20. The van der Waals surface area contributed by atoms with Crippen molar-refractivity contribution >= 4 is 34.4 Å². The van der Waals surface area contributed by atoms with E-state index in [4.69, 9.17) is 12.2 Å². The lowest BCUT2D eigenvalue weighted by Crippen LogP contribution is -2.31. The summed E-state index contributed by atoms with van der Waals surface area (Å²) >= 11 is 5.20. The number of pyridine rings is 1. The number of benzene rings is 2. The summed E-state index contributed by atoms with van der Waals surface area (Å²) < 4.78 is 0. The minimum atomic E-state index is 0.493. The molecular weight excluding hydrogens is 304 g/mol. The van der Waals surface area contributed by atoms with Crippen LogP contribution in [0.5, 0.6) is 0 Å². The third-order valence-electron chi connectivity index (χ3n) is 3.30. The van der Waals surface area contributed by atoms with Gasteiger partial charge in [0, 0.05) is 18.1 Å². The SMILES string of the molecule is S=C(NCc1ccccc1)NN=Cc1ccc2ncccc2c1. The summed E-state index contributed by atoms with van der Waals surface area (Å²) in [6.07, 6.45) is 3.53. The number of rotatable bonds is 4. The van der Waals surface area contributed by atoms with Crippen molar-refractivity contribution in [3.63, 3.8) is 0 Å². The highest BCUT2D eigenvalue weighted by Gasteiger charge is 1.96. The molecule has 114 valence electrons. The molecule has 0 atom stereocenters. The lowest BCUT2D eigenvalue weighted by Gasteiger charge is -2.06. The van der Waals surface area contributed by atoms with E-state index < -0.39 is 0 Å². The van der Waals surface area contributed by atoms with Crippen molar-refractivity contribution in [3.05, 3.63) is 78.0 Å². The Bertz CT molecular complexity index is 831. The highest BCUT2D eigenvalue weighted by molar-refractivity contribution is 7.80. The van der Waals surface area contributed by atoms with Gasteiger partial charge < -0.3 is 5.32 Å². The molecule has 1 heterocycles. The second-order valence-electron chi connectivity index (χ2n) is 4.99. The molecule has 0 saturated heterocycles. The summed E-state index contributed by atoms with van der Waals surface area (Å²) in [4.78, 5) is 4.29. The van der Waals surface area contributed by atoms with Crippen molar-refractivity contribution in [2.75, 3.05) is 0 Å². The first-order valence-corrected chi connectivity index (χ1v) is 7.68. The zero-order valence-electron chi connectivity index (χ0n) is 12.4. The normalized spacial score (nSPS) is 10.8. The van der Waals surface area contributed by atoms with Crippen LogP contribution in [0.1, 0.15) is 11.1 Å². The lowest BCUT2D eigenvalue weighted by atomic mass is 10.1. The number of hydrogen-bond acceptors (Lipinski definition) is 3. The van der Waals surface area contributed by atoms with Gasteiger partial charge in [0.25, 0.3) is 0 Å². The topological polar surface area (TPSA) is 49.3 Å². The Morgan fingerprint density at radius 2 is 1.96 bits per heavy atom. The number of fused-ring (bicyclic) bond motifs is 1. The summed E-state index contributed by atoms with van der Waals surface area (Å²) in [6.45, 7) is 0.670. The highest BCUT2D eigenvalue weighted by Crippen LogP contribution is 2.11. The maximum atomic E-state index is 5.20. The second kappa shape index (κ2) is 7.47. The van der Waals surface area contributed by atoms with E-state index in [1.807, 2.05) is 60.7 Å². The summed E-state index contributed by atoms with van der Waals surface area (Å²) in [6, 6.07) is 20.0. The highest BCUT2D eigenvalue weighted by atomic mass is 32.1. The van der Waals surface area contributed by atoms with Crippen LogP contribution in [0.3, 0.4) is 0 Å². The van der Waals surface area contributed by atoms with Gasteiger partial charge in [0.1, 0.15) is 0 Å². The van der Waals surface area contributed by atoms with Crippen molar-refractivity contribution in [2.24, 2.45) is 5.10 Å². The van der Waals surface area contributed by atoms with Crippen molar-refractivity contribution in [2.45, 2.75) is 6.54 Å². The first-order valence-electron chi connectivity index (χ1n) is 7.27. The Morgan fingerprint density at radius 3 is 2.83 bits per heavy atom. The molecule has 5 heteroatoms. The molecule has 4 nitrogen and oxygen atoms in total. The summed E-state index contributed by atoms with van der Waals surface area (Å²) in [7, 11) is 0. The molecule has 2 N–H and O–H groups in total. The number of hydrogen-bond donors (Lipinski definition) is 2. The molecule has 0 aliphatic heterocycles. The molecule has 1 aromatic heterocycles. The first kappa shape index (κ1) is 15.1. The van der Waals surface area contributed by atoms with Crippen LogP contribution in [0.4, 0.5) is 0 Å². The third-order valence-corrected chi connectivity index (χ3v) is 3.54. The third kappa shape index (κ3) is 4.34. The first-order chi connectivity index (χ1) is 11.3. The fourth-order valence-electron chi connectivity index (χ4n) is 2.16. The predicted octanol–water partition coefficient (Wildman–Crippen LogP) is 3.23. The molecule has 2 aromatic carbocycles. The lowest BCUT2D eigenvalue weighted by molar-refractivity contribution is 0.869. The van der Waals surface area contributed by atoms with Crippen LogP contribution in [-0.2, 0) is 6.54 Å². The molecule has 23 heavy (non-hydrogen) atoms. The monoisotopic (exact) mass is 320 g/mol. The molecule has 3 aromatic rings. The van der Waals surface area contributed by atoms with Crippen LogP contribution in [0.15, 0.2) is 72.0 Å². The van der Waals surface area contributed by atoms with E-state index in [9.17, 15) is 0 Å². The average Bonchev–Trinajstić information content (AvgIpc) is 2.61. The van der Waals surface area contributed by atoms with E-state index in [2.05, 4.69) is 20.8 Å². The molecular formula is C18H16N4S. The van der Waals surface area contributed by atoms with Gasteiger partial charge in [-0.05, 0) is 41.5 Å². The number of hydrazone groups is 1. The molecule has 0 amide bonds. The smallest absolute Gasteiger partial charge is 0.187 e. The molecule has 0 spiro atoms. The van der Waals surface area contributed by atoms with Crippen LogP contribution >= 0.6 is 12.2 Å². The van der Waals surface area contributed by atoms with Gasteiger partial charge in [0.05, 0.1) is 11.7 Å². The second-order valence-corrected chi connectivity index (χ2v) is 5.40. The number of aromatic nitrogens is 1. The fraction of sp³-hybridized carbons (Fsp3) is 0.0556. The number of nitrogens with zero attached hydrogens (tertiary/aromatic N) is 2. The number of thiocarbonyl (C=S) groups is 1. The van der Waals surface area contributed by atoms with Crippen molar-refractivity contribution < 1.29 is 0 Å². The summed E-state index contributed by atoms with van der Waals surface area (Å²) in [5.41, 5.74) is 5.95. The van der Waals surface area contributed by atoms with Crippen LogP contribution in [0.2, 0.25) is 0 Å². The van der Waals surface area contributed by atoms with Crippen molar-refractivity contribution in [1.82, 2.24) is 15.7 Å². The maximum Gasteiger partial charge on any atom is 0.187 e. The minimum absolute atomic E-state index is 0.493. The van der Waals surface area contributed by atoms with Crippen LogP contribution < -0.4 is 10.7 Å². The average molecular weight is 320 g/mol. The van der Waals surface area contributed by atoms with E-state index in [1.54, 1.807) is 12.4 Å². The zero-order chi connectivity index (χ0) is 15.9. The molecule has 0 bridgehead atoms. The molecule has 0 unspecified atom stereocenters.